The maximum Gasteiger partial charge on any atom is 0.352 e. The van der Waals surface area contributed by atoms with E-state index in [-0.39, 0.29) is 10.9 Å². The molecule has 0 bridgehead atoms. The minimum absolute atomic E-state index is 0.0959. The number of nitrogens with zero attached hydrogens (tertiary/aromatic N) is 1. The predicted octanol–water partition coefficient (Wildman–Crippen LogP) is 2.70. The van der Waals surface area contributed by atoms with Gasteiger partial charge in [-0.25, -0.2) is 4.79 Å². The number of allylic oxidation sites excluding steroid dienone is 1. The molecule has 178 valence electrons. The van der Waals surface area contributed by atoms with Crippen LogP contribution in [0.2, 0.25) is 0 Å². The molecule has 0 saturated carbocycles. The van der Waals surface area contributed by atoms with Crippen molar-refractivity contribution in [2.75, 3.05) is 0 Å². The van der Waals surface area contributed by atoms with Gasteiger partial charge in [-0.3, -0.25) is 19.3 Å². The molecular formula is C26H22N2O6S. The Morgan fingerprint density at radius 1 is 1.17 bits per heavy atom. The summed E-state index contributed by atoms with van der Waals surface area (Å²) < 4.78 is 5.59. The molecule has 3 unspecified atom stereocenters. The second kappa shape index (κ2) is 9.07. The Balaban J connectivity index is 1.36. The van der Waals surface area contributed by atoms with E-state index in [4.69, 9.17) is 4.74 Å². The lowest BCUT2D eigenvalue weighted by atomic mass is 9.96. The minimum Gasteiger partial charge on any atom is -0.477 e. The highest BCUT2D eigenvalue weighted by atomic mass is 32.2. The average molecular weight is 491 g/mol. The third-order valence-corrected chi connectivity index (χ3v) is 7.50. The smallest absolute Gasteiger partial charge is 0.352 e. The molecule has 2 aromatic carbocycles. The topological polar surface area (TPSA) is 113 Å². The number of β-lactam (4-membered cyclic amide) rings is 1. The molecule has 2 aromatic rings. The van der Waals surface area contributed by atoms with Crippen LogP contribution in [0.5, 0.6) is 5.75 Å². The van der Waals surface area contributed by atoms with Crippen LogP contribution in [0.4, 0.5) is 0 Å². The molecule has 0 aromatic heterocycles. The lowest BCUT2D eigenvalue weighted by Gasteiger charge is -2.49. The first-order valence-corrected chi connectivity index (χ1v) is 12.1. The number of amides is 2. The zero-order valence-corrected chi connectivity index (χ0v) is 19.5. The third kappa shape index (κ3) is 4.23. The summed E-state index contributed by atoms with van der Waals surface area (Å²) in [6.45, 7) is 1.82. The van der Waals surface area contributed by atoms with Gasteiger partial charge in [-0.15, -0.1) is 11.8 Å². The number of hydrogen-bond acceptors (Lipinski definition) is 6. The molecule has 3 aliphatic rings. The number of rotatable bonds is 6. The van der Waals surface area contributed by atoms with Crippen LogP contribution < -0.4 is 10.1 Å². The summed E-state index contributed by atoms with van der Waals surface area (Å²) >= 11 is 1.37. The number of benzene rings is 2. The molecule has 2 heterocycles. The van der Waals surface area contributed by atoms with Gasteiger partial charge in [0.05, 0.1) is 0 Å². The quantitative estimate of drug-likeness (QED) is 0.277. The molecule has 1 saturated heterocycles. The molecule has 1 fully saturated rings. The van der Waals surface area contributed by atoms with Gasteiger partial charge in [-0.05, 0) is 48.2 Å². The fourth-order valence-electron chi connectivity index (χ4n) is 4.47. The summed E-state index contributed by atoms with van der Waals surface area (Å²) in [4.78, 5) is 52.1. The second-order valence-electron chi connectivity index (χ2n) is 8.52. The van der Waals surface area contributed by atoms with E-state index in [2.05, 4.69) is 5.32 Å². The Morgan fingerprint density at radius 3 is 2.69 bits per heavy atom. The molecule has 9 heteroatoms. The van der Waals surface area contributed by atoms with Crippen LogP contribution in [0, 0.1) is 0 Å². The highest BCUT2D eigenvalue weighted by molar-refractivity contribution is 8.00. The number of carboxylic acids is 1. The van der Waals surface area contributed by atoms with E-state index in [0.717, 1.165) is 17.5 Å². The van der Waals surface area contributed by atoms with Gasteiger partial charge in [-0.1, -0.05) is 48.6 Å². The zero-order chi connectivity index (χ0) is 24.7. The standard InChI is InChI=1S/C26H22N2O6S/c1-14-12-19(25(31)32)28-23(30)21(24(28)35-14)27-22(29)20(16-6-3-2-4-7-16)26(33)34-18-11-10-15-8-5-9-17(15)13-18/h2-7,9-14,20-21,24H,8H2,1H3,(H,27,29)(H,31,32)/t14?,20?,21?,24-/m0/s1. The Kier molecular flexibility index (Phi) is 5.94. The Morgan fingerprint density at radius 2 is 1.94 bits per heavy atom. The highest BCUT2D eigenvalue weighted by Gasteiger charge is 2.54. The van der Waals surface area contributed by atoms with Crippen molar-refractivity contribution in [3.63, 3.8) is 0 Å². The number of hydrogen-bond donors (Lipinski definition) is 2. The highest BCUT2D eigenvalue weighted by Crippen LogP contribution is 2.41. The normalized spacial score (nSPS) is 22.9. The summed E-state index contributed by atoms with van der Waals surface area (Å²) in [5.41, 5.74) is 2.42. The van der Waals surface area contributed by atoms with Crippen LogP contribution in [0.1, 0.15) is 29.5 Å². The molecule has 35 heavy (non-hydrogen) atoms. The fraction of sp³-hybridized carbons (Fsp3) is 0.231. The van der Waals surface area contributed by atoms with E-state index >= 15 is 0 Å². The molecular weight excluding hydrogens is 468 g/mol. The zero-order valence-electron chi connectivity index (χ0n) is 18.7. The summed E-state index contributed by atoms with van der Waals surface area (Å²) in [7, 11) is 0. The number of carbonyl (C=O) groups is 4. The molecule has 1 aliphatic carbocycles. The van der Waals surface area contributed by atoms with Gasteiger partial charge >= 0.3 is 11.9 Å². The van der Waals surface area contributed by atoms with Crippen molar-refractivity contribution in [3.8, 4) is 5.75 Å². The lowest BCUT2D eigenvalue weighted by Crippen LogP contribution is -2.71. The summed E-state index contributed by atoms with van der Waals surface area (Å²) in [5.74, 6) is -4.15. The number of esters is 1. The van der Waals surface area contributed by atoms with Crippen molar-refractivity contribution >= 4 is 41.6 Å². The minimum atomic E-state index is -1.30. The van der Waals surface area contributed by atoms with Gasteiger partial charge in [-0.2, -0.15) is 0 Å². The van der Waals surface area contributed by atoms with E-state index in [0.29, 0.717) is 11.3 Å². The Labute approximate surface area is 205 Å². The number of fused-ring (bicyclic) bond motifs is 2. The molecule has 2 amide bonds. The van der Waals surface area contributed by atoms with Crippen LogP contribution in [-0.4, -0.2) is 50.4 Å². The van der Waals surface area contributed by atoms with Crippen LogP contribution in [0.25, 0.3) is 6.08 Å². The first-order valence-electron chi connectivity index (χ1n) is 11.1. The van der Waals surface area contributed by atoms with Gasteiger partial charge in [0.15, 0.2) is 5.92 Å². The Bertz CT molecular complexity index is 1290. The second-order valence-corrected chi connectivity index (χ2v) is 10.0. The molecule has 2 N–H and O–H groups in total. The van der Waals surface area contributed by atoms with E-state index in [1.165, 1.54) is 22.7 Å². The summed E-state index contributed by atoms with van der Waals surface area (Å²) in [6, 6.07) is 12.9. The van der Waals surface area contributed by atoms with Crippen molar-refractivity contribution in [3.05, 3.63) is 83.1 Å². The van der Waals surface area contributed by atoms with Crippen LogP contribution in [0.3, 0.4) is 0 Å². The molecule has 5 rings (SSSR count). The van der Waals surface area contributed by atoms with E-state index < -0.39 is 41.1 Å². The lowest BCUT2D eigenvalue weighted by molar-refractivity contribution is -0.151. The molecule has 0 spiro atoms. The SMILES string of the molecule is CC1C=C(C(=O)O)N2C(=O)C(NC(=O)C(C(=O)Oc3ccc4c(c3)C=CC4)c3ccccc3)[C@@H]2S1. The van der Waals surface area contributed by atoms with Gasteiger partial charge in [0.1, 0.15) is 22.9 Å². The van der Waals surface area contributed by atoms with Crippen molar-refractivity contribution in [1.29, 1.82) is 0 Å². The van der Waals surface area contributed by atoms with Crippen LogP contribution in [0.15, 0.2) is 66.4 Å². The Hall–Kier alpha value is -3.85. The van der Waals surface area contributed by atoms with Crippen molar-refractivity contribution in [1.82, 2.24) is 10.2 Å². The maximum absolute atomic E-state index is 13.3. The van der Waals surface area contributed by atoms with E-state index in [1.807, 2.05) is 25.1 Å². The largest absolute Gasteiger partial charge is 0.477 e. The number of carboxylic acid groups (broad SMARTS) is 1. The van der Waals surface area contributed by atoms with Crippen molar-refractivity contribution < 1.29 is 29.0 Å². The van der Waals surface area contributed by atoms with Gasteiger partial charge in [0, 0.05) is 5.25 Å². The number of aliphatic carboxylic acids is 1. The molecule has 2 aliphatic heterocycles. The molecule has 8 nitrogen and oxygen atoms in total. The third-order valence-electron chi connectivity index (χ3n) is 6.17. The number of thioether (sulfide) groups is 1. The monoisotopic (exact) mass is 490 g/mol. The summed E-state index contributed by atoms with van der Waals surface area (Å²) in [6.07, 6.45) is 6.30. The van der Waals surface area contributed by atoms with Gasteiger partial charge in [0.25, 0.3) is 5.91 Å². The predicted molar refractivity (Wildman–Crippen MR) is 129 cm³/mol. The van der Waals surface area contributed by atoms with E-state index in [1.54, 1.807) is 42.5 Å². The van der Waals surface area contributed by atoms with Gasteiger partial charge in [0.2, 0.25) is 5.91 Å². The van der Waals surface area contributed by atoms with Crippen molar-refractivity contribution in [2.45, 2.75) is 35.9 Å². The first-order chi connectivity index (χ1) is 16.8. The number of carbonyl (C=O) groups excluding carboxylic acids is 3. The maximum atomic E-state index is 13.3. The van der Waals surface area contributed by atoms with Crippen molar-refractivity contribution in [2.24, 2.45) is 0 Å². The number of nitrogens with one attached hydrogen (secondary N) is 1. The van der Waals surface area contributed by atoms with Gasteiger partial charge < -0.3 is 15.2 Å². The fourth-order valence-corrected chi connectivity index (χ4v) is 5.80. The molecule has 4 atom stereocenters. The first kappa shape index (κ1) is 22.9. The van der Waals surface area contributed by atoms with Crippen LogP contribution in [-0.2, 0) is 25.6 Å². The summed E-state index contributed by atoms with van der Waals surface area (Å²) in [5, 5.41) is 11.4. The van der Waals surface area contributed by atoms with E-state index in [9.17, 15) is 24.3 Å². The molecule has 0 radical (unpaired) electrons. The average Bonchev–Trinajstić information content (AvgIpc) is 3.30. The van der Waals surface area contributed by atoms with Crippen LogP contribution >= 0.6 is 11.8 Å². The number of ether oxygens (including phenoxy) is 1.